The van der Waals surface area contributed by atoms with Gasteiger partial charge in [0.2, 0.25) is 5.91 Å². The van der Waals surface area contributed by atoms with Crippen molar-refractivity contribution >= 4 is 11.6 Å². The van der Waals surface area contributed by atoms with Gasteiger partial charge in [0.05, 0.1) is 0 Å². The lowest BCUT2D eigenvalue weighted by molar-refractivity contribution is -0.119. The summed E-state index contributed by atoms with van der Waals surface area (Å²) in [7, 11) is 1.80. The number of rotatable bonds is 2. The number of benzene rings is 1. The van der Waals surface area contributed by atoms with E-state index in [1.165, 1.54) is 5.56 Å². The van der Waals surface area contributed by atoms with Crippen LogP contribution in [0.4, 0.5) is 5.69 Å². The van der Waals surface area contributed by atoms with Crippen molar-refractivity contribution in [1.82, 2.24) is 0 Å². The van der Waals surface area contributed by atoms with E-state index in [1.807, 2.05) is 24.3 Å². The largest absolute Gasteiger partial charge is 0.396 e. The molecule has 1 amide bonds. The Hall–Kier alpha value is -1.35. The standard InChI is InChI=1S/C12H15NO2/c1-13-11-5-3-2-4-10(11)9(6-7-14)8-12(13)15/h2-5,9,14H,6-8H2,1H3. The number of carbonyl (C=O) groups is 1. The second-order valence-corrected chi connectivity index (χ2v) is 3.92. The van der Waals surface area contributed by atoms with Crippen LogP contribution >= 0.6 is 0 Å². The van der Waals surface area contributed by atoms with Crippen LogP contribution in [0.25, 0.3) is 0 Å². The van der Waals surface area contributed by atoms with Crippen molar-refractivity contribution in [2.24, 2.45) is 0 Å². The molecule has 80 valence electrons. The summed E-state index contributed by atoms with van der Waals surface area (Å²) in [5.41, 5.74) is 2.15. The quantitative estimate of drug-likeness (QED) is 0.795. The Morgan fingerprint density at radius 2 is 2.20 bits per heavy atom. The number of aliphatic hydroxyl groups is 1. The summed E-state index contributed by atoms with van der Waals surface area (Å²) in [6, 6.07) is 7.91. The van der Waals surface area contributed by atoms with Gasteiger partial charge in [0.1, 0.15) is 0 Å². The Morgan fingerprint density at radius 3 is 2.93 bits per heavy atom. The number of para-hydroxylation sites is 1. The van der Waals surface area contributed by atoms with E-state index in [9.17, 15) is 4.79 Å². The van der Waals surface area contributed by atoms with Gasteiger partial charge in [-0.25, -0.2) is 0 Å². The zero-order valence-electron chi connectivity index (χ0n) is 8.81. The van der Waals surface area contributed by atoms with Crippen LogP contribution in [0.1, 0.15) is 24.3 Å². The molecule has 0 bridgehead atoms. The zero-order valence-corrected chi connectivity index (χ0v) is 8.81. The number of fused-ring (bicyclic) bond motifs is 1. The number of carbonyl (C=O) groups excluding carboxylic acids is 1. The van der Waals surface area contributed by atoms with E-state index in [4.69, 9.17) is 5.11 Å². The highest BCUT2D eigenvalue weighted by Gasteiger charge is 2.27. The molecule has 1 aromatic carbocycles. The summed E-state index contributed by atoms with van der Waals surface area (Å²) in [6.45, 7) is 0.135. The molecule has 15 heavy (non-hydrogen) atoms. The molecule has 1 N–H and O–H groups in total. The molecule has 0 radical (unpaired) electrons. The van der Waals surface area contributed by atoms with Gasteiger partial charge in [-0.1, -0.05) is 18.2 Å². The normalized spacial score (nSPS) is 20.3. The molecular weight excluding hydrogens is 190 g/mol. The molecule has 0 saturated heterocycles. The second-order valence-electron chi connectivity index (χ2n) is 3.92. The molecule has 0 aromatic heterocycles. The van der Waals surface area contributed by atoms with Crippen LogP contribution in [0.15, 0.2) is 24.3 Å². The van der Waals surface area contributed by atoms with Crippen LogP contribution in [-0.4, -0.2) is 24.7 Å². The molecule has 0 fully saturated rings. The van der Waals surface area contributed by atoms with Gasteiger partial charge in [-0.3, -0.25) is 4.79 Å². The molecule has 3 nitrogen and oxygen atoms in total. The summed E-state index contributed by atoms with van der Waals surface area (Å²) >= 11 is 0. The highest BCUT2D eigenvalue weighted by molar-refractivity contribution is 5.96. The van der Waals surface area contributed by atoms with Crippen molar-refractivity contribution in [2.75, 3.05) is 18.6 Å². The van der Waals surface area contributed by atoms with Crippen LogP contribution in [0.2, 0.25) is 0 Å². The first-order chi connectivity index (χ1) is 7.24. The molecule has 0 aliphatic carbocycles. The first kappa shape index (κ1) is 10.2. The van der Waals surface area contributed by atoms with E-state index < -0.39 is 0 Å². The number of nitrogens with zero attached hydrogens (tertiary/aromatic N) is 1. The molecule has 1 aromatic rings. The molecule has 3 heteroatoms. The Balaban J connectivity index is 2.40. The topological polar surface area (TPSA) is 40.5 Å². The van der Waals surface area contributed by atoms with Gasteiger partial charge in [0.15, 0.2) is 0 Å². The predicted octanol–water partition coefficient (Wildman–Crippen LogP) is 1.52. The van der Waals surface area contributed by atoms with Crippen molar-refractivity contribution in [3.8, 4) is 0 Å². The van der Waals surface area contributed by atoms with Crippen molar-refractivity contribution in [3.63, 3.8) is 0 Å². The zero-order chi connectivity index (χ0) is 10.8. The monoisotopic (exact) mass is 205 g/mol. The average Bonchev–Trinajstić information content (AvgIpc) is 2.26. The molecule has 0 saturated carbocycles. The third kappa shape index (κ3) is 1.75. The number of anilines is 1. The Bertz CT molecular complexity index is 376. The molecule has 2 rings (SSSR count). The van der Waals surface area contributed by atoms with E-state index in [1.54, 1.807) is 11.9 Å². The summed E-state index contributed by atoms with van der Waals surface area (Å²) in [6.07, 6.45) is 1.17. The van der Waals surface area contributed by atoms with Crippen molar-refractivity contribution in [1.29, 1.82) is 0 Å². The lowest BCUT2D eigenvalue weighted by Gasteiger charge is -2.31. The number of amides is 1. The van der Waals surface area contributed by atoms with Gasteiger partial charge in [0, 0.05) is 25.8 Å². The lowest BCUT2D eigenvalue weighted by Crippen LogP contribution is -2.33. The maximum Gasteiger partial charge on any atom is 0.227 e. The summed E-state index contributed by atoms with van der Waals surface area (Å²) in [5, 5.41) is 8.97. The van der Waals surface area contributed by atoms with Crippen LogP contribution in [0, 0.1) is 0 Å². The molecule has 1 aliphatic rings. The highest BCUT2D eigenvalue weighted by Crippen LogP contribution is 2.36. The van der Waals surface area contributed by atoms with Crippen molar-refractivity contribution in [3.05, 3.63) is 29.8 Å². The fourth-order valence-electron chi connectivity index (χ4n) is 2.14. The first-order valence-electron chi connectivity index (χ1n) is 5.20. The number of hydrogen-bond donors (Lipinski definition) is 1. The van der Waals surface area contributed by atoms with E-state index in [-0.39, 0.29) is 18.4 Å². The maximum absolute atomic E-state index is 11.7. The predicted molar refractivity (Wildman–Crippen MR) is 58.9 cm³/mol. The number of hydrogen-bond acceptors (Lipinski definition) is 2. The van der Waals surface area contributed by atoms with Gasteiger partial charge >= 0.3 is 0 Å². The maximum atomic E-state index is 11.7. The minimum Gasteiger partial charge on any atom is -0.396 e. The minimum atomic E-state index is 0.132. The molecule has 0 spiro atoms. The van der Waals surface area contributed by atoms with Crippen LogP contribution in [0.5, 0.6) is 0 Å². The third-order valence-corrected chi connectivity index (χ3v) is 3.01. The van der Waals surface area contributed by atoms with Gasteiger partial charge in [-0.05, 0) is 24.0 Å². The summed E-state index contributed by atoms with van der Waals surface area (Å²) in [4.78, 5) is 13.4. The summed E-state index contributed by atoms with van der Waals surface area (Å²) in [5.74, 6) is 0.307. The fraction of sp³-hybridized carbons (Fsp3) is 0.417. The van der Waals surface area contributed by atoms with Gasteiger partial charge in [-0.2, -0.15) is 0 Å². The summed E-state index contributed by atoms with van der Waals surface area (Å²) < 4.78 is 0. The van der Waals surface area contributed by atoms with Crippen LogP contribution < -0.4 is 4.90 Å². The van der Waals surface area contributed by atoms with Crippen molar-refractivity contribution in [2.45, 2.75) is 18.8 Å². The van der Waals surface area contributed by atoms with E-state index >= 15 is 0 Å². The van der Waals surface area contributed by atoms with Gasteiger partial charge in [-0.15, -0.1) is 0 Å². The molecule has 1 unspecified atom stereocenters. The van der Waals surface area contributed by atoms with Gasteiger partial charge in [0.25, 0.3) is 0 Å². The SMILES string of the molecule is CN1C(=O)CC(CCO)c2ccccc21. The van der Waals surface area contributed by atoms with Crippen LogP contribution in [0.3, 0.4) is 0 Å². The minimum absolute atomic E-state index is 0.132. The number of aliphatic hydroxyl groups excluding tert-OH is 1. The van der Waals surface area contributed by atoms with Crippen molar-refractivity contribution < 1.29 is 9.90 Å². The van der Waals surface area contributed by atoms with E-state index in [0.29, 0.717) is 12.8 Å². The second kappa shape index (κ2) is 4.03. The lowest BCUT2D eigenvalue weighted by atomic mass is 9.87. The fourth-order valence-corrected chi connectivity index (χ4v) is 2.14. The smallest absolute Gasteiger partial charge is 0.227 e. The van der Waals surface area contributed by atoms with Gasteiger partial charge < -0.3 is 10.0 Å². The van der Waals surface area contributed by atoms with E-state index in [2.05, 4.69) is 0 Å². The Labute approximate surface area is 89.3 Å². The van der Waals surface area contributed by atoms with Crippen LogP contribution in [-0.2, 0) is 4.79 Å². The molecule has 1 atom stereocenters. The van der Waals surface area contributed by atoms with E-state index in [0.717, 1.165) is 5.69 Å². The molecule has 1 aliphatic heterocycles. The Kier molecular flexibility index (Phi) is 2.73. The first-order valence-corrected chi connectivity index (χ1v) is 5.20. The third-order valence-electron chi connectivity index (χ3n) is 3.01. The molecule has 1 heterocycles. The molecular formula is C12H15NO2. The Morgan fingerprint density at radius 1 is 1.47 bits per heavy atom. The highest BCUT2D eigenvalue weighted by atomic mass is 16.3. The average molecular weight is 205 g/mol.